The normalized spacial score (nSPS) is 31.4. The van der Waals surface area contributed by atoms with Crippen LogP contribution in [0.3, 0.4) is 0 Å². The molecular formula is C16H26N3O-. The lowest BCUT2D eigenvalue weighted by atomic mass is 9.96. The molecule has 0 amide bonds. The van der Waals surface area contributed by atoms with Gasteiger partial charge in [0.1, 0.15) is 0 Å². The molecule has 2 N–H and O–H groups in total. The van der Waals surface area contributed by atoms with Crippen LogP contribution in [-0.2, 0) is 0 Å². The maximum atomic E-state index is 12.4. The molecule has 112 valence electrons. The minimum absolute atomic E-state index is 0.0513. The molecule has 0 aromatic heterocycles. The molecule has 0 aliphatic heterocycles. The molecule has 2 fully saturated rings. The van der Waals surface area contributed by atoms with E-state index in [0.29, 0.717) is 23.9 Å². The average Bonchev–Trinajstić information content (AvgIpc) is 3.11. The van der Waals surface area contributed by atoms with E-state index in [-0.39, 0.29) is 17.4 Å². The van der Waals surface area contributed by atoms with Gasteiger partial charge in [0, 0.05) is 18.1 Å². The summed E-state index contributed by atoms with van der Waals surface area (Å²) < 4.78 is 0. The smallest absolute Gasteiger partial charge is 0.0694 e. The molecule has 2 aliphatic carbocycles. The maximum absolute atomic E-state index is 12.4. The lowest BCUT2D eigenvalue weighted by Crippen LogP contribution is -2.31. The van der Waals surface area contributed by atoms with E-state index in [1.54, 1.807) is 6.08 Å². The summed E-state index contributed by atoms with van der Waals surface area (Å²) >= 11 is 0. The molecule has 0 radical (unpaired) electrons. The molecular weight excluding hydrogens is 250 g/mol. The van der Waals surface area contributed by atoms with E-state index < -0.39 is 0 Å². The van der Waals surface area contributed by atoms with E-state index in [1.165, 1.54) is 19.3 Å². The van der Waals surface area contributed by atoms with Crippen LogP contribution in [0.4, 0.5) is 0 Å². The van der Waals surface area contributed by atoms with E-state index >= 15 is 0 Å². The Labute approximate surface area is 121 Å². The number of aliphatic imine (C=N–C) groups is 2. The average molecular weight is 276 g/mol. The summed E-state index contributed by atoms with van der Waals surface area (Å²) in [6, 6.07) is 0. The first kappa shape index (κ1) is 15.1. The Hall–Kier alpha value is -1.32. The molecule has 2 saturated carbocycles. The van der Waals surface area contributed by atoms with Gasteiger partial charge in [-0.05, 0) is 44.1 Å². The fourth-order valence-electron chi connectivity index (χ4n) is 2.99. The Morgan fingerprint density at radius 2 is 2.20 bits per heavy atom. The Kier molecular flexibility index (Phi) is 4.51. The van der Waals surface area contributed by atoms with Crippen molar-refractivity contribution in [1.29, 1.82) is 0 Å². The van der Waals surface area contributed by atoms with Gasteiger partial charge in [-0.25, -0.2) is 0 Å². The number of allylic oxidation sites excluding steroid dienone is 1. The Morgan fingerprint density at radius 3 is 2.80 bits per heavy atom. The predicted molar refractivity (Wildman–Crippen MR) is 81.8 cm³/mol. The quantitative estimate of drug-likeness (QED) is 0.616. The number of rotatable bonds is 5. The third-order valence-corrected chi connectivity index (χ3v) is 4.45. The summed E-state index contributed by atoms with van der Waals surface area (Å²) in [4.78, 5) is 8.78. The van der Waals surface area contributed by atoms with Crippen LogP contribution in [0.5, 0.6) is 0 Å². The van der Waals surface area contributed by atoms with Crippen molar-refractivity contribution in [1.82, 2.24) is 0 Å². The van der Waals surface area contributed by atoms with Crippen LogP contribution in [0.1, 0.15) is 52.9 Å². The summed E-state index contributed by atoms with van der Waals surface area (Å²) in [5.41, 5.74) is 7.01. The van der Waals surface area contributed by atoms with Crippen molar-refractivity contribution in [2.75, 3.05) is 6.54 Å². The van der Waals surface area contributed by atoms with Crippen LogP contribution in [-0.4, -0.2) is 23.7 Å². The molecule has 0 bridgehead atoms. The van der Waals surface area contributed by atoms with Crippen LogP contribution in [0.2, 0.25) is 0 Å². The standard InChI is InChI=1S/C16H27N3O/c1-4-18-14(9-13(17)11(2)3)15(20)19-16-8-6-5-7-12(16)10-16/h9,11-12H,4-8,10,17H2,1-3H3,(H,19,20)/p-1/b13-9-,18-14?. The summed E-state index contributed by atoms with van der Waals surface area (Å²) in [5, 5.41) is 12.4. The highest BCUT2D eigenvalue weighted by molar-refractivity contribution is 6.42. The van der Waals surface area contributed by atoms with Crippen LogP contribution < -0.4 is 10.8 Å². The lowest BCUT2D eigenvalue weighted by Gasteiger charge is -2.22. The number of nitrogens with two attached hydrogens (primary N) is 1. The third-order valence-electron chi connectivity index (χ3n) is 4.45. The van der Waals surface area contributed by atoms with E-state index in [9.17, 15) is 5.11 Å². The van der Waals surface area contributed by atoms with E-state index in [0.717, 1.165) is 12.8 Å². The van der Waals surface area contributed by atoms with Gasteiger partial charge in [0.2, 0.25) is 0 Å². The van der Waals surface area contributed by atoms with E-state index in [2.05, 4.69) is 9.98 Å². The molecule has 2 rings (SSSR count). The van der Waals surface area contributed by atoms with Crippen LogP contribution >= 0.6 is 0 Å². The first-order valence-electron chi connectivity index (χ1n) is 7.77. The van der Waals surface area contributed by atoms with Crippen molar-refractivity contribution in [3.63, 3.8) is 0 Å². The zero-order valence-electron chi connectivity index (χ0n) is 12.9. The van der Waals surface area contributed by atoms with Crippen LogP contribution in [0, 0.1) is 11.8 Å². The first-order valence-corrected chi connectivity index (χ1v) is 7.77. The molecule has 0 aromatic rings. The molecule has 20 heavy (non-hydrogen) atoms. The van der Waals surface area contributed by atoms with Crippen molar-refractivity contribution < 1.29 is 5.11 Å². The van der Waals surface area contributed by atoms with Gasteiger partial charge < -0.3 is 10.8 Å². The van der Waals surface area contributed by atoms with Gasteiger partial charge in [-0.3, -0.25) is 9.98 Å². The second-order valence-corrected chi connectivity index (χ2v) is 6.33. The molecule has 4 heteroatoms. The van der Waals surface area contributed by atoms with Crippen molar-refractivity contribution in [3.05, 3.63) is 11.8 Å². The number of hydrogen-bond donors (Lipinski definition) is 1. The zero-order chi connectivity index (χ0) is 14.8. The molecule has 0 spiro atoms. The minimum Gasteiger partial charge on any atom is -0.857 e. The summed E-state index contributed by atoms with van der Waals surface area (Å²) in [5.74, 6) is 0.667. The second kappa shape index (κ2) is 5.98. The molecule has 0 heterocycles. The number of nitrogens with zero attached hydrogens (tertiary/aromatic N) is 2. The highest BCUT2D eigenvalue weighted by Crippen LogP contribution is 2.56. The van der Waals surface area contributed by atoms with Crippen molar-refractivity contribution in [2.24, 2.45) is 27.6 Å². The van der Waals surface area contributed by atoms with Gasteiger partial charge in [-0.2, -0.15) is 0 Å². The molecule has 0 aromatic carbocycles. The zero-order valence-corrected chi connectivity index (χ0v) is 12.9. The monoisotopic (exact) mass is 276 g/mol. The Morgan fingerprint density at radius 1 is 1.45 bits per heavy atom. The molecule has 2 atom stereocenters. The van der Waals surface area contributed by atoms with Gasteiger partial charge in [0.05, 0.1) is 11.3 Å². The predicted octanol–water partition coefficient (Wildman–Crippen LogP) is 2.04. The van der Waals surface area contributed by atoms with Gasteiger partial charge in [-0.1, -0.05) is 26.7 Å². The second-order valence-electron chi connectivity index (χ2n) is 6.33. The van der Waals surface area contributed by atoms with Crippen molar-refractivity contribution >= 4 is 11.6 Å². The van der Waals surface area contributed by atoms with Gasteiger partial charge in [-0.15, -0.1) is 0 Å². The van der Waals surface area contributed by atoms with Gasteiger partial charge in [0.25, 0.3) is 0 Å². The third kappa shape index (κ3) is 3.22. The fraction of sp³-hybridized carbons (Fsp3) is 0.750. The van der Waals surface area contributed by atoms with Gasteiger partial charge >= 0.3 is 0 Å². The Balaban J connectivity index is 2.18. The first-order chi connectivity index (χ1) is 9.48. The lowest BCUT2D eigenvalue weighted by molar-refractivity contribution is -0.210. The summed E-state index contributed by atoms with van der Waals surface area (Å²) in [7, 11) is 0. The number of fused-ring (bicyclic) bond motifs is 1. The van der Waals surface area contributed by atoms with Crippen LogP contribution in [0.15, 0.2) is 21.8 Å². The minimum atomic E-state index is -0.181. The summed E-state index contributed by atoms with van der Waals surface area (Å²) in [6.45, 7) is 6.52. The van der Waals surface area contributed by atoms with Crippen molar-refractivity contribution in [3.8, 4) is 0 Å². The largest absolute Gasteiger partial charge is 0.857 e. The highest BCUT2D eigenvalue weighted by atomic mass is 16.3. The maximum Gasteiger partial charge on any atom is 0.0694 e. The van der Waals surface area contributed by atoms with Gasteiger partial charge in [0.15, 0.2) is 0 Å². The Bertz CT molecular complexity index is 451. The number of hydrogen-bond acceptors (Lipinski definition) is 4. The summed E-state index contributed by atoms with van der Waals surface area (Å²) in [6.07, 6.45) is 7.55. The topological polar surface area (TPSA) is 73.8 Å². The van der Waals surface area contributed by atoms with E-state index in [4.69, 9.17) is 5.73 Å². The molecule has 2 unspecified atom stereocenters. The highest BCUT2D eigenvalue weighted by Gasteiger charge is 2.54. The fourth-order valence-corrected chi connectivity index (χ4v) is 2.99. The SMILES string of the molecule is CCN=C(/C=C(\N)C(C)C)C([O-])=NC12CCCCC1C2. The van der Waals surface area contributed by atoms with E-state index in [1.807, 2.05) is 20.8 Å². The molecule has 4 nitrogen and oxygen atoms in total. The van der Waals surface area contributed by atoms with Crippen molar-refractivity contribution in [2.45, 2.75) is 58.4 Å². The van der Waals surface area contributed by atoms with Crippen LogP contribution in [0.25, 0.3) is 0 Å². The molecule has 2 aliphatic rings. The molecule has 0 saturated heterocycles.